The maximum Gasteiger partial charge on any atom is 0.410 e. The van der Waals surface area contributed by atoms with E-state index in [9.17, 15) is 18.0 Å². The van der Waals surface area contributed by atoms with Gasteiger partial charge in [-0.2, -0.15) is 13.2 Å². The number of carbonyl (C=O) groups excluding carboxylic acids is 1. The molecule has 0 spiro atoms. The Labute approximate surface area is 67.6 Å². The predicted octanol–water partition coefficient (Wildman–Crippen LogP) is 0.436. The fourth-order valence-corrected chi connectivity index (χ4v) is 0.527. The zero-order valence-corrected chi connectivity index (χ0v) is 6.48. The summed E-state index contributed by atoms with van der Waals surface area (Å²) in [5.74, 6) is -0.730. The molecule has 0 fully saturated rings. The number of nitrogens with one attached hydrogen (secondary N) is 1. The Kier molecular flexibility index (Phi) is 4.02. The highest BCUT2D eigenvalue weighted by Gasteiger charge is 2.39. The van der Waals surface area contributed by atoms with Crippen LogP contribution in [-0.2, 0) is 4.79 Å². The summed E-state index contributed by atoms with van der Waals surface area (Å²) >= 11 is 0. The van der Waals surface area contributed by atoms with Crippen LogP contribution in [0, 0.1) is 0 Å². The topological polar surface area (TPSA) is 49.3 Å². The maximum atomic E-state index is 11.8. The van der Waals surface area contributed by atoms with Crippen LogP contribution in [0.2, 0.25) is 0 Å². The Hall–Kier alpha value is -0.780. The van der Waals surface area contributed by atoms with Gasteiger partial charge in [-0.3, -0.25) is 4.79 Å². The Morgan fingerprint density at radius 3 is 2.33 bits per heavy atom. The van der Waals surface area contributed by atoms with Crippen molar-refractivity contribution in [2.75, 3.05) is 6.61 Å². The molecule has 0 aliphatic heterocycles. The summed E-state index contributed by atoms with van der Waals surface area (Å²) in [5, 5.41) is 9.91. The van der Waals surface area contributed by atoms with Gasteiger partial charge >= 0.3 is 6.18 Å². The summed E-state index contributed by atoms with van der Waals surface area (Å²) in [7, 11) is 0. The first kappa shape index (κ1) is 11.2. The first-order chi connectivity index (χ1) is 5.41. The van der Waals surface area contributed by atoms with Crippen LogP contribution in [0.25, 0.3) is 0 Å². The average molecular weight is 185 g/mol. The molecular weight excluding hydrogens is 175 g/mol. The van der Waals surface area contributed by atoms with Crippen molar-refractivity contribution in [3.63, 3.8) is 0 Å². The van der Waals surface area contributed by atoms with Gasteiger partial charge in [-0.1, -0.05) is 6.92 Å². The molecule has 0 saturated carbocycles. The summed E-state index contributed by atoms with van der Waals surface area (Å²) in [4.78, 5) is 10.5. The molecule has 0 aromatic heterocycles. The third-order valence-corrected chi connectivity index (χ3v) is 1.23. The molecule has 0 radical (unpaired) electrons. The Balaban J connectivity index is 4.09. The van der Waals surface area contributed by atoms with Crippen molar-refractivity contribution in [2.45, 2.75) is 25.6 Å². The van der Waals surface area contributed by atoms with Gasteiger partial charge in [-0.05, 0) is 0 Å². The monoisotopic (exact) mass is 185 g/mol. The van der Waals surface area contributed by atoms with Crippen LogP contribution in [0.3, 0.4) is 0 Å². The standard InChI is InChI=1S/C6H10F3NO2/c1-2-5(12)10-4(3-11)6(7,8)9/h4,11H,2-3H2,1H3,(H,10,12)/t4-/m1/s1. The van der Waals surface area contributed by atoms with Crippen LogP contribution in [0.15, 0.2) is 0 Å². The summed E-state index contributed by atoms with van der Waals surface area (Å²) in [5.41, 5.74) is 0. The fourth-order valence-electron chi connectivity index (χ4n) is 0.527. The Morgan fingerprint density at radius 2 is 2.08 bits per heavy atom. The van der Waals surface area contributed by atoms with Crippen LogP contribution >= 0.6 is 0 Å². The first-order valence-electron chi connectivity index (χ1n) is 3.38. The second-order valence-electron chi connectivity index (χ2n) is 2.20. The van der Waals surface area contributed by atoms with E-state index in [1.165, 1.54) is 6.92 Å². The molecule has 72 valence electrons. The van der Waals surface area contributed by atoms with Gasteiger partial charge in [-0.15, -0.1) is 0 Å². The molecule has 0 aromatic rings. The largest absolute Gasteiger partial charge is 0.410 e. The third-order valence-electron chi connectivity index (χ3n) is 1.23. The third kappa shape index (κ3) is 3.56. The Bertz CT molecular complexity index is 157. The van der Waals surface area contributed by atoms with Gasteiger partial charge in [0.1, 0.15) is 6.04 Å². The van der Waals surface area contributed by atoms with Crippen LogP contribution < -0.4 is 5.32 Å². The van der Waals surface area contributed by atoms with Gasteiger partial charge in [0.2, 0.25) is 5.91 Å². The number of amides is 1. The van der Waals surface area contributed by atoms with Gasteiger partial charge in [0.25, 0.3) is 0 Å². The molecule has 0 rings (SSSR count). The molecule has 6 heteroatoms. The lowest BCUT2D eigenvalue weighted by Crippen LogP contribution is -2.47. The molecular formula is C6H10F3NO2. The average Bonchev–Trinajstić information content (AvgIpc) is 1.97. The van der Waals surface area contributed by atoms with Crippen molar-refractivity contribution in [3.8, 4) is 0 Å². The molecule has 0 aliphatic carbocycles. The molecule has 1 amide bonds. The lowest BCUT2D eigenvalue weighted by atomic mass is 10.3. The number of alkyl halides is 3. The summed E-state index contributed by atoms with van der Waals surface area (Å²) in [6, 6.07) is -2.15. The van der Waals surface area contributed by atoms with E-state index in [1.807, 2.05) is 0 Å². The molecule has 12 heavy (non-hydrogen) atoms. The number of halogens is 3. The van der Waals surface area contributed by atoms with Crippen LogP contribution in [0.4, 0.5) is 13.2 Å². The van der Waals surface area contributed by atoms with Crippen molar-refractivity contribution in [1.82, 2.24) is 5.32 Å². The minimum absolute atomic E-state index is 0.0351. The van der Waals surface area contributed by atoms with Gasteiger partial charge in [-0.25, -0.2) is 0 Å². The molecule has 0 bridgehead atoms. The number of hydrogen-bond donors (Lipinski definition) is 2. The van der Waals surface area contributed by atoms with E-state index < -0.39 is 24.7 Å². The zero-order valence-electron chi connectivity index (χ0n) is 6.48. The van der Waals surface area contributed by atoms with E-state index in [-0.39, 0.29) is 6.42 Å². The van der Waals surface area contributed by atoms with Gasteiger partial charge in [0, 0.05) is 6.42 Å². The number of rotatable bonds is 3. The molecule has 0 aliphatic rings. The number of aliphatic hydroxyl groups excluding tert-OH is 1. The maximum absolute atomic E-state index is 11.8. The minimum atomic E-state index is -4.58. The van der Waals surface area contributed by atoms with Gasteiger partial charge < -0.3 is 10.4 Å². The van der Waals surface area contributed by atoms with Crippen molar-refractivity contribution in [2.24, 2.45) is 0 Å². The smallest absolute Gasteiger partial charge is 0.394 e. The fraction of sp³-hybridized carbons (Fsp3) is 0.833. The SMILES string of the molecule is CCC(=O)N[C@H](CO)C(F)(F)F. The second kappa shape index (κ2) is 4.30. The quantitative estimate of drug-likeness (QED) is 0.670. The van der Waals surface area contributed by atoms with Crippen molar-refractivity contribution >= 4 is 5.91 Å². The van der Waals surface area contributed by atoms with Crippen LogP contribution in [-0.4, -0.2) is 29.8 Å². The van der Waals surface area contributed by atoms with Gasteiger partial charge in [0.05, 0.1) is 6.61 Å². The van der Waals surface area contributed by atoms with Crippen molar-refractivity contribution < 1.29 is 23.1 Å². The van der Waals surface area contributed by atoms with E-state index in [0.29, 0.717) is 0 Å². The zero-order chi connectivity index (χ0) is 9.78. The summed E-state index contributed by atoms with van der Waals surface area (Å²) in [6.07, 6.45) is -4.62. The molecule has 1 atom stereocenters. The molecule has 0 saturated heterocycles. The van der Waals surface area contributed by atoms with E-state index in [1.54, 1.807) is 5.32 Å². The van der Waals surface area contributed by atoms with Gasteiger partial charge in [0.15, 0.2) is 0 Å². The normalized spacial score (nSPS) is 14.1. The lowest BCUT2D eigenvalue weighted by Gasteiger charge is -2.18. The Morgan fingerprint density at radius 1 is 1.58 bits per heavy atom. The first-order valence-corrected chi connectivity index (χ1v) is 3.38. The molecule has 0 heterocycles. The molecule has 3 nitrogen and oxygen atoms in total. The van der Waals surface area contributed by atoms with E-state index in [2.05, 4.69) is 0 Å². The molecule has 2 N–H and O–H groups in total. The number of hydrogen-bond acceptors (Lipinski definition) is 2. The van der Waals surface area contributed by atoms with Crippen LogP contribution in [0.5, 0.6) is 0 Å². The van der Waals surface area contributed by atoms with Crippen molar-refractivity contribution in [3.05, 3.63) is 0 Å². The molecule has 0 unspecified atom stereocenters. The van der Waals surface area contributed by atoms with E-state index in [4.69, 9.17) is 5.11 Å². The predicted molar refractivity (Wildman–Crippen MR) is 35.4 cm³/mol. The minimum Gasteiger partial charge on any atom is -0.394 e. The highest BCUT2D eigenvalue weighted by molar-refractivity contribution is 5.75. The lowest BCUT2D eigenvalue weighted by molar-refractivity contribution is -0.168. The highest BCUT2D eigenvalue weighted by Crippen LogP contribution is 2.19. The number of aliphatic hydroxyl groups is 1. The summed E-state index contributed by atoms with van der Waals surface area (Å²) < 4.78 is 35.5. The van der Waals surface area contributed by atoms with Crippen LogP contribution in [0.1, 0.15) is 13.3 Å². The number of carbonyl (C=O) groups is 1. The second-order valence-corrected chi connectivity index (χ2v) is 2.20. The van der Waals surface area contributed by atoms with E-state index >= 15 is 0 Å². The summed E-state index contributed by atoms with van der Waals surface area (Å²) in [6.45, 7) is 0.301. The highest BCUT2D eigenvalue weighted by atomic mass is 19.4. The van der Waals surface area contributed by atoms with E-state index in [0.717, 1.165) is 0 Å². The molecule has 0 aromatic carbocycles. The van der Waals surface area contributed by atoms with Crippen molar-refractivity contribution in [1.29, 1.82) is 0 Å².